The molecule has 0 radical (unpaired) electrons. The molecule has 1 atom stereocenters. The Morgan fingerprint density at radius 3 is 2.59 bits per heavy atom. The van der Waals surface area contributed by atoms with Gasteiger partial charge in [0.1, 0.15) is 5.82 Å². The number of hydrogen-bond donors (Lipinski definition) is 1. The Balaban J connectivity index is 1.22. The molecule has 2 aliphatic rings. The van der Waals surface area contributed by atoms with Crippen LogP contribution in [0, 0.1) is 5.82 Å². The number of para-hydroxylation sites is 2. The van der Waals surface area contributed by atoms with Crippen molar-refractivity contribution < 1.29 is 9.18 Å². The predicted octanol–water partition coefficient (Wildman–Crippen LogP) is 3.28. The molecule has 1 unspecified atom stereocenters. The van der Waals surface area contributed by atoms with Crippen LogP contribution in [-0.2, 0) is 6.54 Å². The number of imidazole rings is 1. The summed E-state index contributed by atoms with van der Waals surface area (Å²) in [6.07, 6.45) is 4.75. The maximum Gasteiger partial charge on any atom is 0.261 e. The van der Waals surface area contributed by atoms with Gasteiger partial charge in [0.25, 0.3) is 11.5 Å². The van der Waals surface area contributed by atoms with Crippen molar-refractivity contribution in [1.82, 2.24) is 24.4 Å². The zero-order valence-corrected chi connectivity index (χ0v) is 22.0. The molecule has 9 nitrogen and oxygen atoms in total. The van der Waals surface area contributed by atoms with E-state index in [9.17, 15) is 14.0 Å². The molecule has 2 fully saturated rings. The molecule has 6 rings (SSSR count). The third kappa shape index (κ3) is 4.92. The molecule has 1 N–H and O–H groups in total. The zero-order chi connectivity index (χ0) is 26.9. The van der Waals surface area contributed by atoms with Gasteiger partial charge in [0, 0.05) is 38.4 Å². The minimum Gasteiger partial charge on any atom is -0.342 e. The normalized spacial score (nSPS) is 18.1. The van der Waals surface area contributed by atoms with E-state index in [4.69, 9.17) is 4.98 Å². The van der Waals surface area contributed by atoms with Crippen LogP contribution in [0.5, 0.6) is 0 Å². The summed E-state index contributed by atoms with van der Waals surface area (Å²) in [5, 5.41) is 3.20. The summed E-state index contributed by atoms with van der Waals surface area (Å²) in [6, 6.07) is 15.8. The summed E-state index contributed by atoms with van der Waals surface area (Å²) in [6.45, 7) is 2.89. The van der Waals surface area contributed by atoms with E-state index in [1.54, 1.807) is 0 Å². The van der Waals surface area contributed by atoms with Crippen LogP contribution in [0.1, 0.15) is 36.0 Å². The number of fused-ring (bicyclic) bond motifs is 1. The van der Waals surface area contributed by atoms with Crippen LogP contribution in [0.3, 0.4) is 0 Å². The van der Waals surface area contributed by atoms with E-state index >= 15 is 0 Å². The largest absolute Gasteiger partial charge is 0.342 e. The maximum atomic E-state index is 13.5. The number of carbonyl (C=O) groups is 1. The van der Waals surface area contributed by atoms with Crippen molar-refractivity contribution in [3.05, 3.63) is 82.5 Å². The first-order chi connectivity index (χ1) is 19.0. The Kier molecular flexibility index (Phi) is 6.86. The van der Waals surface area contributed by atoms with Crippen LogP contribution in [0.15, 0.2) is 65.6 Å². The van der Waals surface area contributed by atoms with Crippen LogP contribution in [-0.4, -0.2) is 63.8 Å². The van der Waals surface area contributed by atoms with Crippen LogP contribution in [0.2, 0.25) is 0 Å². The van der Waals surface area contributed by atoms with E-state index in [-0.39, 0.29) is 29.4 Å². The summed E-state index contributed by atoms with van der Waals surface area (Å²) < 4.78 is 16.9. The molecule has 0 bridgehead atoms. The fourth-order valence-electron chi connectivity index (χ4n) is 5.75. The number of carbonyl (C=O) groups excluding carboxylic acids is 1. The van der Waals surface area contributed by atoms with E-state index in [0.29, 0.717) is 12.5 Å². The highest BCUT2D eigenvalue weighted by Gasteiger charge is 2.31. The van der Waals surface area contributed by atoms with Crippen LogP contribution < -0.4 is 20.7 Å². The van der Waals surface area contributed by atoms with Gasteiger partial charge in [-0.25, -0.2) is 18.9 Å². The number of hydrogen-bond acceptors (Lipinski definition) is 7. The van der Waals surface area contributed by atoms with Gasteiger partial charge in [0.2, 0.25) is 11.9 Å². The lowest BCUT2D eigenvalue weighted by atomic mass is 10.0. The fourth-order valence-corrected chi connectivity index (χ4v) is 5.75. The van der Waals surface area contributed by atoms with Gasteiger partial charge in [0.05, 0.1) is 23.6 Å². The second-order valence-electron chi connectivity index (χ2n) is 10.3. The molecule has 10 heteroatoms. The van der Waals surface area contributed by atoms with Crippen molar-refractivity contribution >= 4 is 28.8 Å². The molecule has 4 heterocycles. The van der Waals surface area contributed by atoms with E-state index in [0.717, 1.165) is 67.9 Å². The van der Waals surface area contributed by atoms with Crippen LogP contribution in [0.25, 0.3) is 11.0 Å². The minimum absolute atomic E-state index is 0.112. The number of halogens is 1. The van der Waals surface area contributed by atoms with Gasteiger partial charge in [-0.15, -0.1) is 0 Å². The van der Waals surface area contributed by atoms with Crippen molar-refractivity contribution in [1.29, 1.82) is 0 Å². The topological polar surface area (TPSA) is 88.3 Å². The van der Waals surface area contributed by atoms with Gasteiger partial charge in [-0.2, -0.15) is 0 Å². The molecule has 202 valence electrons. The second-order valence-corrected chi connectivity index (χ2v) is 10.3. The lowest BCUT2D eigenvalue weighted by Crippen LogP contribution is -2.48. The van der Waals surface area contributed by atoms with Crippen LogP contribution >= 0.6 is 0 Å². The third-order valence-electron chi connectivity index (χ3n) is 7.91. The maximum absolute atomic E-state index is 13.5. The number of rotatable bonds is 6. The molecule has 0 aliphatic carbocycles. The van der Waals surface area contributed by atoms with Crippen molar-refractivity contribution in [2.75, 3.05) is 36.5 Å². The van der Waals surface area contributed by atoms with E-state index in [1.807, 2.05) is 42.3 Å². The smallest absolute Gasteiger partial charge is 0.261 e. The van der Waals surface area contributed by atoms with Gasteiger partial charge in [0.15, 0.2) is 0 Å². The average molecular weight is 530 g/mol. The van der Waals surface area contributed by atoms with Gasteiger partial charge in [-0.05, 0) is 62.1 Å². The number of aromatic nitrogens is 4. The monoisotopic (exact) mass is 529 g/mol. The summed E-state index contributed by atoms with van der Waals surface area (Å²) >= 11 is 0. The first-order valence-electron chi connectivity index (χ1n) is 13.5. The summed E-state index contributed by atoms with van der Waals surface area (Å²) in [7, 11) is 1.91. The van der Waals surface area contributed by atoms with Crippen molar-refractivity contribution in [2.24, 2.45) is 0 Å². The highest BCUT2D eigenvalue weighted by molar-refractivity contribution is 5.86. The molecule has 0 spiro atoms. The number of benzene rings is 2. The molecular formula is C29H32FN7O2. The summed E-state index contributed by atoms with van der Waals surface area (Å²) in [4.78, 5) is 39.7. The molecule has 2 aromatic carbocycles. The molecule has 2 saturated heterocycles. The standard InChI is InChI=1S/C29H32FN7O2/c1-34(28-32-16-12-26(38)37(28)27(39)24-6-4-15-31-24)22-13-17-35(18-14-22)29-33-23-5-2-3-7-25(23)36(29)19-20-8-10-21(30)11-9-20/h2-3,5,7-12,16,22,24,31H,4,6,13-15,17-19H2,1H3. The number of anilines is 2. The molecule has 2 aliphatic heterocycles. The average Bonchev–Trinajstić information content (AvgIpc) is 3.63. The Morgan fingerprint density at radius 2 is 1.85 bits per heavy atom. The number of nitrogens with zero attached hydrogens (tertiary/aromatic N) is 6. The Hall–Kier alpha value is -4.05. The molecule has 0 amide bonds. The Morgan fingerprint density at radius 1 is 1.08 bits per heavy atom. The molecule has 39 heavy (non-hydrogen) atoms. The zero-order valence-electron chi connectivity index (χ0n) is 22.0. The van der Waals surface area contributed by atoms with Gasteiger partial charge in [-0.1, -0.05) is 24.3 Å². The lowest BCUT2D eigenvalue weighted by Gasteiger charge is -2.38. The Bertz CT molecular complexity index is 1530. The molecular weight excluding hydrogens is 497 g/mol. The molecule has 2 aromatic heterocycles. The highest BCUT2D eigenvalue weighted by Crippen LogP contribution is 2.28. The van der Waals surface area contributed by atoms with Crippen molar-refractivity contribution in [3.8, 4) is 0 Å². The van der Waals surface area contributed by atoms with Crippen molar-refractivity contribution in [3.63, 3.8) is 0 Å². The molecule has 0 saturated carbocycles. The number of nitrogens with one attached hydrogen (secondary N) is 1. The van der Waals surface area contributed by atoms with Gasteiger partial charge >= 0.3 is 0 Å². The van der Waals surface area contributed by atoms with Crippen molar-refractivity contribution in [2.45, 2.75) is 44.3 Å². The van der Waals surface area contributed by atoms with Crippen LogP contribution in [0.4, 0.5) is 16.3 Å². The first kappa shape index (κ1) is 25.2. The van der Waals surface area contributed by atoms with Gasteiger partial charge in [-0.3, -0.25) is 9.59 Å². The summed E-state index contributed by atoms with van der Waals surface area (Å²) in [5.74, 6) is 0.793. The predicted molar refractivity (Wildman–Crippen MR) is 149 cm³/mol. The number of piperidine rings is 1. The third-order valence-corrected chi connectivity index (χ3v) is 7.91. The lowest BCUT2D eigenvalue weighted by molar-refractivity contribution is 0.0865. The second kappa shape index (κ2) is 10.6. The quantitative estimate of drug-likeness (QED) is 0.410. The minimum atomic E-state index is -0.352. The summed E-state index contributed by atoms with van der Waals surface area (Å²) in [5.41, 5.74) is 2.61. The Labute approximate surface area is 225 Å². The van der Waals surface area contributed by atoms with E-state index < -0.39 is 0 Å². The van der Waals surface area contributed by atoms with E-state index in [1.165, 1.54) is 29.0 Å². The SMILES string of the molecule is CN(c1nccc(=O)n1C(=O)C1CCCN1)C1CCN(c2nc3ccccc3n2Cc2ccc(F)cc2)CC1. The van der Waals surface area contributed by atoms with Gasteiger partial charge < -0.3 is 19.7 Å². The fraction of sp³-hybridized carbons (Fsp3) is 0.379. The molecule has 4 aromatic rings. The highest BCUT2D eigenvalue weighted by atomic mass is 19.1. The van der Waals surface area contributed by atoms with E-state index in [2.05, 4.69) is 25.8 Å². The first-order valence-corrected chi connectivity index (χ1v) is 13.5.